The number of ether oxygens (including phenoxy) is 1. The largest absolute Gasteiger partial charge is 0.467 e. The number of nitrogens with zero attached hydrogens (tertiary/aromatic N) is 1. The van der Waals surface area contributed by atoms with Crippen molar-refractivity contribution in [3.05, 3.63) is 35.4 Å². The van der Waals surface area contributed by atoms with Crippen LogP contribution in [0.2, 0.25) is 0 Å². The Morgan fingerprint density at radius 1 is 1.28 bits per heavy atom. The molecule has 2 rings (SSSR count). The van der Waals surface area contributed by atoms with Gasteiger partial charge in [-0.25, -0.2) is 13.6 Å². The van der Waals surface area contributed by atoms with Crippen molar-refractivity contribution in [1.82, 2.24) is 10.2 Å². The maximum absolute atomic E-state index is 13.5. The average Bonchev–Trinajstić information content (AvgIpc) is 2.60. The van der Waals surface area contributed by atoms with Crippen molar-refractivity contribution < 1.29 is 27.9 Å². The van der Waals surface area contributed by atoms with Gasteiger partial charge < -0.3 is 15.0 Å². The zero-order valence-electron chi connectivity index (χ0n) is 13.9. The lowest BCUT2D eigenvalue weighted by molar-refractivity contribution is -0.154. The monoisotopic (exact) mass is 354 g/mol. The van der Waals surface area contributed by atoms with Crippen LogP contribution in [0.5, 0.6) is 0 Å². The zero-order chi connectivity index (χ0) is 18.4. The predicted octanol–water partition coefficient (Wildman–Crippen LogP) is 1.64. The first-order valence-electron chi connectivity index (χ1n) is 8.04. The molecule has 25 heavy (non-hydrogen) atoms. The maximum Gasteiger partial charge on any atom is 0.328 e. The quantitative estimate of drug-likeness (QED) is 0.816. The molecule has 0 bridgehead atoms. The summed E-state index contributed by atoms with van der Waals surface area (Å²) in [6.45, 7) is 0.442. The van der Waals surface area contributed by atoms with E-state index in [4.69, 9.17) is 4.74 Å². The summed E-state index contributed by atoms with van der Waals surface area (Å²) in [7, 11) is 1.27. The lowest BCUT2D eigenvalue weighted by atomic mass is 10.0. The highest BCUT2D eigenvalue weighted by atomic mass is 19.1. The number of carbonyl (C=O) groups excluding carboxylic acids is 3. The van der Waals surface area contributed by atoms with Crippen molar-refractivity contribution >= 4 is 17.8 Å². The molecule has 1 fully saturated rings. The first kappa shape index (κ1) is 18.8. The van der Waals surface area contributed by atoms with Crippen LogP contribution in [0.1, 0.15) is 36.0 Å². The number of benzene rings is 1. The van der Waals surface area contributed by atoms with Crippen molar-refractivity contribution in [3.63, 3.8) is 0 Å². The Kier molecular flexibility index (Phi) is 6.44. The SMILES string of the molecule is COC(=O)C1CCCCN1C(=O)CCNC(=O)c1ccc(F)cc1F. The highest BCUT2D eigenvalue weighted by molar-refractivity contribution is 5.94. The van der Waals surface area contributed by atoms with E-state index in [-0.39, 0.29) is 24.4 Å². The number of carbonyl (C=O) groups is 3. The predicted molar refractivity (Wildman–Crippen MR) is 84.7 cm³/mol. The van der Waals surface area contributed by atoms with Crippen LogP contribution >= 0.6 is 0 Å². The van der Waals surface area contributed by atoms with Gasteiger partial charge in [0, 0.05) is 25.6 Å². The van der Waals surface area contributed by atoms with E-state index >= 15 is 0 Å². The van der Waals surface area contributed by atoms with Crippen LogP contribution in [0.25, 0.3) is 0 Å². The van der Waals surface area contributed by atoms with Gasteiger partial charge in [0.2, 0.25) is 5.91 Å². The van der Waals surface area contributed by atoms with Crippen molar-refractivity contribution in [3.8, 4) is 0 Å². The number of hydrogen-bond acceptors (Lipinski definition) is 4. The number of amides is 2. The van der Waals surface area contributed by atoms with Gasteiger partial charge in [-0.15, -0.1) is 0 Å². The topological polar surface area (TPSA) is 75.7 Å². The molecule has 0 aromatic heterocycles. The Hall–Kier alpha value is -2.51. The second-order valence-corrected chi connectivity index (χ2v) is 5.75. The number of methoxy groups -OCH3 is 1. The molecule has 1 aromatic carbocycles. The van der Waals surface area contributed by atoms with Crippen LogP contribution in [0.3, 0.4) is 0 Å². The minimum atomic E-state index is -0.967. The number of piperidine rings is 1. The fraction of sp³-hybridized carbons (Fsp3) is 0.471. The average molecular weight is 354 g/mol. The number of rotatable bonds is 5. The maximum atomic E-state index is 13.5. The number of esters is 1. The second-order valence-electron chi connectivity index (χ2n) is 5.75. The summed E-state index contributed by atoms with van der Waals surface area (Å²) >= 11 is 0. The van der Waals surface area contributed by atoms with Gasteiger partial charge in [-0.05, 0) is 31.4 Å². The van der Waals surface area contributed by atoms with E-state index in [0.717, 1.165) is 25.0 Å². The van der Waals surface area contributed by atoms with Crippen LogP contribution in [0, 0.1) is 11.6 Å². The summed E-state index contributed by atoms with van der Waals surface area (Å²) in [6.07, 6.45) is 2.16. The molecular formula is C17H20F2N2O4. The Balaban J connectivity index is 1.88. The third kappa shape index (κ3) is 4.74. The molecule has 1 saturated heterocycles. The van der Waals surface area contributed by atoms with Gasteiger partial charge in [-0.2, -0.15) is 0 Å². The number of halogens is 2. The Bertz CT molecular complexity index is 666. The molecule has 0 spiro atoms. The fourth-order valence-electron chi connectivity index (χ4n) is 2.81. The molecule has 1 heterocycles. The lowest BCUT2D eigenvalue weighted by Crippen LogP contribution is -2.49. The summed E-state index contributed by atoms with van der Waals surface area (Å²) < 4.78 is 31.1. The molecule has 1 N–H and O–H groups in total. The van der Waals surface area contributed by atoms with E-state index in [0.29, 0.717) is 19.0 Å². The third-order valence-corrected chi connectivity index (χ3v) is 4.10. The highest BCUT2D eigenvalue weighted by Crippen LogP contribution is 2.19. The van der Waals surface area contributed by atoms with Crippen LogP contribution in [0.4, 0.5) is 8.78 Å². The summed E-state index contributed by atoms with van der Waals surface area (Å²) in [4.78, 5) is 37.4. The summed E-state index contributed by atoms with van der Waals surface area (Å²) in [5, 5.41) is 2.42. The van der Waals surface area contributed by atoms with E-state index in [2.05, 4.69) is 5.32 Å². The molecule has 8 heteroatoms. The second kappa shape index (κ2) is 8.55. The molecule has 1 atom stereocenters. The standard InChI is InChI=1S/C17H20F2N2O4/c1-25-17(24)14-4-2-3-9-21(14)15(22)7-8-20-16(23)12-6-5-11(18)10-13(12)19/h5-6,10,14H,2-4,7-9H2,1H3,(H,20,23). The summed E-state index contributed by atoms with van der Waals surface area (Å²) in [5.74, 6) is -3.21. The van der Waals surface area contributed by atoms with E-state index < -0.39 is 29.6 Å². The normalized spacial score (nSPS) is 17.1. The number of likely N-dealkylation sites (tertiary alicyclic amines) is 1. The van der Waals surface area contributed by atoms with Crippen molar-refractivity contribution in [2.45, 2.75) is 31.7 Å². The van der Waals surface area contributed by atoms with E-state index in [1.54, 1.807) is 0 Å². The van der Waals surface area contributed by atoms with Crippen LogP contribution < -0.4 is 5.32 Å². The molecular weight excluding hydrogens is 334 g/mol. The van der Waals surface area contributed by atoms with E-state index in [9.17, 15) is 23.2 Å². The summed E-state index contributed by atoms with van der Waals surface area (Å²) in [5.41, 5.74) is -0.292. The lowest BCUT2D eigenvalue weighted by Gasteiger charge is -2.33. The highest BCUT2D eigenvalue weighted by Gasteiger charge is 2.32. The van der Waals surface area contributed by atoms with Crippen LogP contribution in [0.15, 0.2) is 18.2 Å². The molecule has 0 saturated carbocycles. The molecule has 1 aromatic rings. The van der Waals surface area contributed by atoms with Crippen molar-refractivity contribution in [2.75, 3.05) is 20.2 Å². The fourth-order valence-corrected chi connectivity index (χ4v) is 2.81. The minimum absolute atomic E-state index is 0.0150. The van der Waals surface area contributed by atoms with Gasteiger partial charge in [-0.1, -0.05) is 0 Å². The van der Waals surface area contributed by atoms with Crippen LogP contribution in [-0.4, -0.2) is 48.9 Å². The minimum Gasteiger partial charge on any atom is -0.467 e. The smallest absolute Gasteiger partial charge is 0.328 e. The first-order valence-corrected chi connectivity index (χ1v) is 8.04. The Morgan fingerprint density at radius 3 is 2.72 bits per heavy atom. The van der Waals surface area contributed by atoms with E-state index in [1.165, 1.54) is 12.0 Å². The van der Waals surface area contributed by atoms with Gasteiger partial charge in [0.1, 0.15) is 17.7 Å². The van der Waals surface area contributed by atoms with Gasteiger partial charge in [0.05, 0.1) is 12.7 Å². The van der Waals surface area contributed by atoms with Crippen molar-refractivity contribution in [1.29, 1.82) is 0 Å². The molecule has 1 aliphatic heterocycles. The van der Waals surface area contributed by atoms with Crippen LogP contribution in [-0.2, 0) is 14.3 Å². The van der Waals surface area contributed by atoms with Crippen molar-refractivity contribution in [2.24, 2.45) is 0 Å². The molecule has 2 amide bonds. The molecule has 6 nitrogen and oxygen atoms in total. The van der Waals surface area contributed by atoms with Gasteiger partial charge in [0.15, 0.2) is 0 Å². The number of nitrogens with one attached hydrogen (secondary N) is 1. The molecule has 0 radical (unpaired) electrons. The van der Waals surface area contributed by atoms with E-state index in [1.807, 2.05) is 0 Å². The van der Waals surface area contributed by atoms with Gasteiger partial charge in [0.25, 0.3) is 5.91 Å². The zero-order valence-corrected chi connectivity index (χ0v) is 13.9. The molecule has 136 valence electrons. The Morgan fingerprint density at radius 2 is 2.04 bits per heavy atom. The molecule has 1 aliphatic rings. The van der Waals surface area contributed by atoms with Gasteiger partial charge in [-0.3, -0.25) is 9.59 Å². The molecule has 0 aliphatic carbocycles. The Labute approximate surface area is 144 Å². The first-order chi connectivity index (χ1) is 11.9. The number of hydrogen-bond donors (Lipinski definition) is 1. The molecule has 1 unspecified atom stereocenters. The third-order valence-electron chi connectivity index (χ3n) is 4.10. The van der Waals surface area contributed by atoms with Gasteiger partial charge >= 0.3 is 5.97 Å². The summed E-state index contributed by atoms with van der Waals surface area (Å²) in [6, 6.07) is 2.04.